The normalized spacial score (nSPS) is 19.1. The van der Waals surface area contributed by atoms with Gasteiger partial charge in [-0.15, -0.1) is 0 Å². The average molecular weight is 562 g/mol. The summed E-state index contributed by atoms with van der Waals surface area (Å²) >= 11 is 0. The number of nitrogens with zero attached hydrogens (tertiary/aromatic N) is 2. The van der Waals surface area contributed by atoms with Gasteiger partial charge in [0.25, 0.3) is 0 Å². The van der Waals surface area contributed by atoms with Gasteiger partial charge in [-0.3, -0.25) is 14.5 Å². The molecule has 3 rings (SSSR count). The van der Waals surface area contributed by atoms with E-state index in [2.05, 4.69) is 29.4 Å². The molecule has 0 bridgehead atoms. The van der Waals surface area contributed by atoms with Crippen LogP contribution in [-0.2, 0) is 37.5 Å². The van der Waals surface area contributed by atoms with Crippen LogP contribution in [0.4, 0.5) is 10.1 Å². The third kappa shape index (κ3) is 7.40. The predicted octanol–water partition coefficient (Wildman–Crippen LogP) is 0.245. The van der Waals surface area contributed by atoms with Crippen molar-refractivity contribution in [2.24, 2.45) is 0 Å². The third-order valence-corrected chi connectivity index (χ3v) is 8.07. The number of aldehydes is 1. The van der Waals surface area contributed by atoms with Gasteiger partial charge in [-0.2, -0.15) is 0 Å². The predicted molar refractivity (Wildman–Crippen MR) is 168 cm³/mol. The summed E-state index contributed by atoms with van der Waals surface area (Å²) in [5.41, 5.74) is 2.74. The summed E-state index contributed by atoms with van der Waals surface area (Å²) in [4.78, 5) is 40.7. The number of benzene rings is 2. The molecule has 0 spiro atoms. The number of hydrogen-bond acceptors (Lipinski definition) is 6. The van der Waals surface area contributed by atoms with Gasteiger partial charge in [0.05, 0.1) is 17.6 Å². The monoisotopic (exact) mass is 562 g/mol. The van der Waals surface area contributed by atoms with Crippen molar-refractivity contribution < 1.29 is 23.5 Å². The van der Waals surface area contributed by atoms with Crippen molar-refractivity contribution in [2.75, 3.05) is 25.5 Å². The maximum absolute atomic E-state index is 15.0. The fourth-order valence-electron chi connectivity index (χ4n) is 6.29. The van der Waals surface area contributed by atoms with E-state index in [1.54, 1.807) is 7.85 Å². The minimum absolute atomic E-state index is 0.126. The summed E-state index contributed by atoms with van der Waals surface area (Å²) in [7, 11) is 6.94. The van der Waals surface area contributed by atoms with Gasteiger partial charge in [0.2, 0.25) is 12.3 Å². The van der Waals surface area contributed by atoms with E-state index in [4.69, 9.17) is 4.74 Å². The summed E-state index contributed by atoms with van der Waals surface area (Å²) in [6.07, 6.45) is 2.02. The minimum atomic E-state index is -1.27. The van der Waals surface area contributed by atoms with Crippen molar-refractivity contribution in [1.82, 2.24) is 15.1 Å². The molecule has 3 atom stereocenters. The van der Waals surface area contributed by atoms with Gasteiger partial charge in [0.15, 0.2) is 0 Å². The number of morpholine rings is 1. The van der Waals surface area contributed by atoms with Gasteiger partial charge in [0, 0.05) is 56.2 Å². The zero-order chi connectivity index (χ0) is 30.4. The molecule has 218 valence electrons. The Morgan fingerprint density at radius 3 is 2.46 bits per heavy atom. The Labute approximate surface area is 246 Å². The number of nitrogens with one attached hydrogen (secondary N) is 2. The molecule has 1 fully saturated rings. The van der Waals surface area contributed by atoms with E-state index in [0.29, 0.717) is 18.5 Å². The maximum Gasteiger partial charge on any atom is 0.236 e. The van der Waals surface area contributed by atoms with Crippen molar-refractivity contribution >= 4 is 47.8 Å². The van der Waals surface area contributed by atoms with E-state index in [1.807, 2.05) is 52.9 Å². The van der Waals surface area contributed by atoms with E-state index >= 15 is 0 Å². The largest absolute Gasteiger partial charge is 0.381 e. The van der Waals surface area contributed by atoms with E-state index in [9.17, 15) is 18.8 Å². The number of amides is 2. The molecule has 0 radical (unpaired) electrons. The molecule has 2 amide bonds. The van der Waals surface area contributed by atoms with Crippen LogP contribution in [0.5, 0.6) is 0 Å². The molecule has 2 aromatic carbocycles. The molecule has 0 aliphatic carbocycles. The van der Waals surface area contributed by atoms with Crippen molar-refractivity contribution in [3.05, 3.63) is 64.5 Å². The SMILES string of the molecule is BC(CCC=O)(C(=O)NC)N(C=O)C(B)(B)c1c(C)cccc1NCc1cc(CN2CC(C)OC(C)C2)ccc1F. The number of rotatable bonds is 13. The molecule has 8 nitrogen and oxygen atoms in total. The maximum atomic E-state index is 15.0. The molecule has 1 aliphatic heterocycles. The van der Waals surface area contributed by atoms with E-state index in [-0.39, 0.29) is 43.3 Å². The lowest BCUT2D eigenvalue weighted by molar-refractivity contribution is -0.137. The van der Waals surface area contributed by atoms with E-state index in [1.165, 1.54) is 18.0 Å². The standard InChI is InChI=1S/C29H42B3FN4O4/c1-19-7-5-8-25(26(19)29(31,32)37(18-39)28(30,11-6-12-38)27(40)34-4)35-14-23-13-22(9-10-24(23)33)17-36-15-20(2)41-21(3)16-36/h5,7-10,12-13,18,20-21,35H,6,11,14-17,30-32H2,1-4H3,(H,34,40). The van der Waals surface area contributed by atoms with Gasteiger partial charge in [-0.1, -0.05) is 18.2 Å². The Morgan fingerprint density at radius 1 is 1.17 bits per heavy atom. The highest BCUT2D eigenvalue weighted by molar-refractivity contribution is 6.42. The summed E-state index contributed by atoms with van der Waals surface area (Å²) in [5, 5.41) is 5.10. The van der Waals surface area contributed by atoms with Crippen LogP contribution >= 0.6 is 0 Å². The highest BCUT2D eigenvalue weighted by Gasteiger charge is 2.46. The third-order valence-electron chi connectivity index (χ3n) is 8.07. The Kier molecular flexibility index (Phi) is 10.8. The first-order valence-corrected chi connectivity index (χ1v) is 14.3. The lowest BCUT2D eigenvalue weighted by atomic mass is 9.53. The zero-order valence-electron chi connectivity index (χ0n) is 25.4. The smallest absolute Gasteiger partial charge is 0.236 e. The number of ether oxygens (including phenoxy) is 1. The fraction of sp³-hybridized carbons (Fsp3) is 0.483. The number of anilines is 1. The van der Waals surface area contributed by atoms with Crippen LogP contribution in [0.15, 0.2) is 36.4 Å². The van der Waals surface area contributed by atoms with Crippen molar-refractivity contribution in [3.63, 3.8) is 0 Å². The second-order valence-corrected chi connectivity index (χ2v) is 11.8. The summed E-state index contributed by atoms with van der Waals surface area (Å²) in [6, 6.07) is 11.0. The zero-order valence-corrected chi connectivity index (χ0v) is 25.4. The molecule has 2 N–H and O–H groups in total. The minimum Gasteiger partial charge on any atom is -0.381 e. The first-order chi connectivity index (χ1) is 19.4. The Balaban J connectivity index is 1.91. The Hall–Kier alpha value is -3.11. The van der Waals surface area contributed by atoms with Crippen LogP contribution in [0.1, 0.15) is 48.9 Å². The second-order valence-electron chi connectivity index (χ2n) is 11.8. The lowest BCUT2D eigenvalue weighted by Gasteiger charge is -2.49. The number of aryl methyl sites for hydroxylation is 1. The van der Waals surface area contributed by atoms with Crippen molar-refractivity contribution in [3.8, 4) is 0 Å². The van der Waals surface area contributed by atoms with Gasteiger partial charge < -0.3 is 25.1 Å². The molecular weight excluding hydrogens is 520 g/mol. The fourth-order valence-corrected chi connectivity index (χ4v) is 6.29. The summed E-state index contributed by atoms with van der Waals surface area (Å²) in [6.45, 7) is 8.67. The number of carbonyl (C=O) groups is 3. The number of carbonyl (C=O) groups excluding carboxylic acids is 3. The van der Waals surface area contributed by atoms with Gasteiger partial charge in [-0.05, 0) is 62.1 Å². The van der Waals surface area contributed by atoms with Crippen molar-refractivity contribution in [2.45, 2.75) is 69.7 Å². The van der Waals surface area contributed by atoms with E-state index in [0.717, 1.165) is 41.8 Å². The van der Waals surface area contributed by atoms with Crippen LogP contribution in [0, 0.1) is 12.7 Å². The quantitative estimate of drug-likeness (QED) is 0.269. The summed E-state index contributed by atoms with van der Waals surface area (Å²) in [5.74, 6) is -0.653. The number of halogens is 1. The highest BCUT2D eigenvalue weighted by Crippen LogP contribution is 2.36. The molecule has 0 aromatic heterocycles. The van der Waals surface area contributed by atoms with Crippen LogP contribution in [0.25, 0.3) is 0 Å². The topological polar surface area (TPSA) is 91.0 Å². The molecule has 0 saturated carbocycles. The lowest BCUT2D eigenvalue weighted by Crippen LogP contribution is -2.66. The average Bonchev–Trinajstić information content (AvgIpc) is 2.91. The van der Waals surface area contributed by atoms with Gasteiger partial charge in [-0.25, -0.2) is 4.39 Å². The Morgan fingerprint density at radius 2 is 1.85 bits per heavy atom. The Bertz CT molecular complexity index is 1240. The number of likely N-dealkylation sites (N-methyl/N-ethyl adjacent to an activating group) is 1. The summed E-state index contributed by atoms with van der Waals surface area (Å²) < 4.78 is 20.8. The molecule has 3 unspecified atom stereocenters. The molecule has 1 saturated heterocycles. The molecular formula is C29H42B3FN4O4. The van der Waals surface area contributed by atoms with Gasteiger partial charge >= 0.3 is 0 Å². The second kappa shape index (κ2) is 13.7. The van der Waals surface area contributed by atoms with Crippen LogP contribution in [-0.4, -0.2) is 89.7 Å². The molecule has 1 aliphatic rings. The van der Waals surface area contributed by atoms with Gasteiger partial charge in [0.1, 0.15) is 35.6 Å². The molecule has 1 heterocycles. The highest BCUT2D eigenvalue weighted by atomic mass is 19.1. The van der Waals surface area contributed by atoms with E-state index < -0.39 is 10.8 Å². The van der Waals surface area contributed by atoms with Crippen LogP contribution < -0.4 is 10.6 Å². The molecule has 41 heavy (non-hydrogen) atoms. The molecule has 2 aromatic rings. The van der Waals surface area contributed by atoms with Crippen LogP contribution in [0.3, 0.4) is 0 Å². The van der Waals surface area contributed by atoms with Crippen LogP contribution in [0.2, 0.25) is 0 Å². The first kappa shape index (κ1) is 32.4. The number of hydrogen-bond donors (Lipinski definition) is 2. The van der Waals surface area contributed by atoms with Crippen molar-refractivity contribution in [1.29, 1.82) is 0 Å². The molecule has 12 heteroatoms. The first-order valence-electron chi connectivity index (χ1n) is 14.3.